The van der Waals surface area contributed by atoms with Crippen molar-refractivity contribution in [3.63, 3.8) is 0 Å². The van der Waals surface area contributed by atoms with Gasteiger partial charge in [-0.05, 0) is 51.1 Å². The summed E-state index contributed by atoms with van der Waals surface area (Å²) in [5.74, 6) is 0. The molecule has 100 valence electrons. The number of benzene rings is 1. The number of nitrogen functional groups attached to an aromatic ring is 1. The molecule has 3 nitrogen and oxygen atoms in total. The molecule has 0 amide bonds. The zero-order valence-electron chi connectivity index (χ0n) is 11.0. The lowest BCUT2D eigenvalue weighted by molar-refractivity contribution is 0.223. The Hall–Kier alpha value is -0.930. The fourth-order valence-corrected chi connectivity index (χ4v) is 2.69. The maximum atomic E-state index is 5.94. The summed E-state index contributed by atoms with van der Waals surface area (Å²) in [5.41, 5.74) is 7.63. The van der Waals surface area contributed by atoms with Crippen molar-refractivity contribution in [1.29, 1.82) is 0 Å². The van der Waals surface area contributed by atoms with Crippen molar-refractivity contribution in [1.82, 2.24) is 4.90 Å². The quantitative estimate of drug-likeness (QED) is 0.823. The summed E-state index contributed by atoms with van der Waals surface area (Å²) in [6.07, 6.45) is 4.04. The van der Waals surface area contributed by atoms with Gasteiger partial charge >= 0.3 is 0 Å². The highest BCUT2D eigenvalue weighted by molar-refractivity contribution is 6.31. The van der Waals surface area contributed by atoms with E-state index in [4.69, 9.17) is 17.3 Å². The number of hydrogen-bond donors (Lipinski definition) is 2. The molecule has 1 aliphatic rings. The molecule has 0 spiro atoms. The molecular weight excluding hydrogens is 246 g/mol. The molecule has 1 aromatic carbocycles. The standard InChI is InChI=1S/C14H22ClN3/c1-11(10-18-7-3-2-4-8-18)17-14-6-5-12(15)9-13(14)16/h5-6,9,11,17H,2-4,7-8,10,16H2,1H3. The first-order chi connectivity index (χ1) is 8.65. The highest BCUT2D eigenvalue weighted by Crippen LogP contribution is 2.23. The lowest BCUT2D eigenvalue weighted by Gasteiger charge is -2.30. The van der Waals surface area contributed by atoms with E-state index in [0.717, 1.165) is 12.2 Å². The van der Waals surface area contributed by atoms with E-state index < -0.39 is 0 Å². The van der Waals surface area contributed by atoms with Crippen LogP contribution in [-0.2, 0) is 0 Å². The average Bonchev–Trinajstić information content (AvgIpc) is 2.34. The molecule has 0 bridgehead atoms. The molecule has 0 aromatic heterocycles. The number of nitrogens with zero attached hydrogens (tertiary/aromatic N) is 1. The number of hydrogen-bond acceptors (Lipinski definition) is 3. The van der Waals surface area contributed by atoms with E-state index in [9.17, 15) is 0 Å². The molecule has 0 saturated carbocycles. The second-order valence-corrected chi connectivity index (χ2v) is 5.57. The Balaban J connectivity index is 1.87. The first-order valence-corrected chi connectivity index (χ1v) is 7.07. The molecule has 1 unspecified atom stereocenters. The lowest BCUT2D eigenvalue weighted by Crippen LogP contribution is -2.38. The zero-order valence-corrected chi connectivity index (χ0v) is 11.7. The predicted octanol–water partition coefficient (Wildman–Crippen LogP) is 3.21. The summed E-state index contributed by atoms with van der Waals surface area (Å²) in [6, 6.07) is 6.00. The van der Waals surface area contributed by atoms with Gasteiger partial charge in [0.15, 0.2) is 0 Å². The highest BCUT2D eigenvalue weighted by Gasteiger charge is 2.13. The molecule has 1 aromatic rings. The van der Waals surface area contributed by atoms with Gasteiger partial charge in [0.2, 0.25) is 0 Å². The topological polar surface area (TPSA) is 41.3 Å². The molecule has 1 atom stereocenters. The van der Waals surface area contributed by atoms with Crippen molar-refractivity contribution in [3.8, 4) is 0 Å². The van der Waals surface area contributed by atoms with Crippen LogP contribution in [0.1, 0.15) is 26.2 Å². The van der Waals surface area contributed by atoms with Crippen LogP contribution in [0, 0.1) is 0 Å². The van der Waals surface area contributed by atoms with Gasteiger partial charge in [0.25, 0.3) is 0 Å². The minimum atomic E-state index is 0.395. The van der Waals surface area contributed by atoms with Crippen molar-refractivity contribution < 1.29 is 0 Å². The Morgan fingerprint density at radius 2 is 2.06 bits per heavy atom. The van der Waals surface area contributed by atoms with Gasteiger partial charge in [-0.2, -0.15) is 0 Å². The van der Waals surface area contributed by atoms with Crippen LogP contribution in [0.25, 0.3) is 0 Å². The van der Waals surface area contributed by atoms with Crippen LogP contribution in [0.5, 0.6) is 0 Å². The highest BCUT2D eigenvalue weighted by atomic mass is 35.5. The summed E-state index contributed by atoms with van der Waals surface area (Å²) in [4.78, 5) is 2.52. The van der Waals surface area contributed by atoms with Gasteiger partial charge in [-0.25, -0.2) is 0 Å². The minimum absolute atomic E-state index is 0.395. The minimum Gasteiger partial charge on any atom is -0.397 e. The molecule has 0 aliphatic carbocycles. The van der Waals surface area contributed by atoms with Crippen molar-refractivity contribution in [2.45, 2.75) is 32.2 Å². The lowest BCUT2D eigenvalue weighted by atomic mass is 10.1. The fraction of sp³-hybridized carbons (Fsp3) is 0.571. The number of nitrogens with one attached hydrogen (secondary N) is 1. The molecular formula is C14H22ClN3. The summed E-state index contributed by atoms with van der Waals surface area (Å²) < 4.78 is 0. The molecule has 18 heavy (non-hydrogen) atoms. The normalized spacial score (nSPS) is 18.6. The number of rotatable bonds is 4. The van der Waals surface area contributed by atoms with Crippen LogP contribution < -0.4 is 11.1 Å². The Morgan fingerprint density at radius 1 is 1.33 bits per heavy atom. The summed E-state index contributed by atoms with van der Waals surface area (Å²) in [5, 5.41) is 4.14. The van der Waals surface area contributed by atoms with Gasteiger partial charge in [0.05, 0.1) is 11.4 Å². The number of likely N-dealkylation sites (tertiary alicyclic amines) is 1. The summed E-state index contributed by atoms with van der Waals surface area (Å²) >= 11 is 5.89. The maximum absolute atomic E-state index is 5.94. The van der Waals surface area contributed by atoms with E-state index in [1.165, 1.54) is 32.4 Å². The maximum Gasteiger partial charge on any atom is 0.0577 e. The van der Waals surface area contributed by atoms with Gasteiger partial charge in [-0.3, -0.25) is 0 Å². The Bertz CT molecular complexity index is 389. The molecule has 1 saturated heterocycles. The molecule has 0 radical (unpaired) electrons. The fourth-order valence-electron chi connectivity index (χ4n) is 2.51. The van der Waals surface area contributed by atoms with Crippen LogP contribution in [-0.4, -0.2) is 30.6 Å². The monoisotopic (exact) mass is 267 g/mol. The average molecular weight is 268 g/mol. The first kappa shape index (κ1) is 13.5. The molecule has 1 fully saturated rings. The number of piperidine rings is 1. The second-order valence-electron chi connectivity index (χ2n) is 5.14. The smallest absolute Gasteiger partial charge is 0.0577 e. The van der Waals surface area contributed by atoms with Crippen molar-refractivity contribution in [2.75, 3.05) is 30.7 Å². The van der Waals surface area contributed by atoms with Crippen molar-refractivity contribution in [2.24, 2.45) is 0 Å². The van der Waals surface area contributed by atoms with Gasteiger partial charge in [-0.1, -0.05) is 18.0 Å². The van der Waals surface area contributed by atoms with Gasteiger partial charge in [-0.15, -0.1) is 0 Å². The number of nitrogens with two attached hydrogens (primary N) is 1. The number of anilines is 2. The second kappa shape index (κ2) is 6.30. The first-order valence-electron chi connectivity index (χ1n) is 6.69. The van der Waals surface area contributed by atoms with Crippen LogP contribution in [0.15, 0.2) is 18.2 Å². The van der Waals surface area contributed by atoms with Gasteiger partial charge < -0.3 is 16.0 Å². The molecule has 2 rings (SSSR count). The van der Waals surface area contributed by atoms with Gasteiger partial charge in [0, 0.05) is 17.6 Å². The van der Waals surface area contributed by atoms with E-state index in [1.54, 1.807) is 6.07 Å². The molecule has 1 aliphatic heterocycles. The Labute approximate surface area is 114 Å². The van der Waals surface area contributed by atoms with Crippen molar-refractivity contribution in [3.05, 3.63) is 23.2 Å². The van der Waals surface area contributed by atoms with E-state index in [-0.39, 0.29) is 0 Å². The third kappa shape index (κ3) is 3.79. The summed E-state index contributed by atoms with van der Waals surface area (Å²) in [7, 11) is 0. The molecule has 4 heteroatoms. The van der Waals surface area contributed by atoms with Crippen LogP contribution in [0.4, 0.5) is 11.4 Å². The Kier molecular flexibility index (Phi) is 4.72. The predicted molar refractivity (Wildman–Crippen MR) is 79.2 cm³/mol. The van der Waals surface area contributed by atoms with Crippen LogP contribution >= 0.6 is 11.6 Å². The Morgan fingerprint density at radius 3 is 2.72 bits per heavy atom. The number of halogens is 1. The van der Waals surface area contributed by atoms with E-state index >= 15 is 0 Å². The van der Waals surface area contributed by atoms with Crippen LogP contribution in [0.2, 0.25) is 5.02 Å². The SMILES string of the molecule is CC(CN1CCCCC1)Nc1ccc(Cl)cc1N. The summed E-state index contributed by atoms with van der Waals surface area (Å²) in [6.45, 7) is 5.72. The van der Waals surface area contributed by atoms with E-state index in [2.05, 4.69) is 17.1 Å². The third-order valence-electron chi connectivity index (χ3n) is 3.40. The van der Waals surface area contributed by atoms with Crippen molar-refractivity contribution >= 4 is 23.0 Å². The largest absolute Gasteiger partial charge is 0.397 e. The van der Waals surface area contributed by atoms with Crippen LogP contribution in [0.3, 0.4) is 0 Å². The molecule has 1 heterocycles. The molecule has 3 N–H and O–H groups in total. The van der Waals surface area contributed by atoms with Gasteiger partial charge in [0.1, 0.15) is 0 Å². The van der Waals surface area contributed by atoms with E-state index in [0.29, 0.717) is 16.8 Å². The zero-order chi connectivity index (χ0) is 13.0. The third-order valence-corrected chi connectivity index (χ3v) is 3.63. The van der Waals surface area contributed by atoms with E-state index in [1.807, 2.05) is 12.1 Å².